The smallest absolute Gasteiger partial charge is 0.293 e. The van der Waals surface area contributed by atoms with Gasteiger partial charge in [0.25, 0.3) is 5.56 Å². The van der Waals surface area contributed by atoms with E-state index < -0.39 is 0 Å². The maximum absolute atomic E-state index is 12.3. The van der Waals surface area contributed by atoms with Crippen molar-refractivity contribution >= 4 is 5.82 Å². The summed E-state index contributed by atoms with van der Waals surface area (Å²) in [6, 6.07) is 8.36. The Bertz CT molecular complexity index is 793. The van der Waals surface area contributed by atoms with Crippen molar-refractivity contribution < 1.29 is 9.47 Å². The minimum absolute atomic E-state index is 0.0463. The van der Waals surface area contributed by atoms with Gasteiger partial charge in [-0.3, -0.25) is 4.79 Å². The zero-order chi connectivity index (χ0) is 19.1. The van der Waals surface area contributed by atoms with Crippen LogP contribution < -0.4 is 20.5 Å². The van der Waals surface area contributed by atoms with E-state index in [4.69, 9.17) is 9.47 Å². The third-order valence-electron chi connectivity index (χ3n) is 4.82. The van der Waals surface area contributed by atoms with Crippen molar-refractivity contribution in [2.75, 3.05) is 38.3 Å². The first-order chi connectivity index (χ1) is 13.2. The fourth-order valence-electron chi connectivity index (χ4n) is 3.32. The average molecular weight is 372 g/mol. The van der Waals surface area contributed by atoms with Gasteiger partial charge in [-0.2, -0.15) is 0 Å². The van der Waals surface area contributed by atoms with Gasteiger partial charge in [0.15, 0.2) is 5.82 Å². The molecule has 1 aliphatic rings. The number of nitrogens with one attached hydrogen (secondary N) is 1. The van der Waals surface area contributed by atoms with Crippen molar-refractivity contribution in [1.29, 1.82) is 0 Å². The summed E-state index contributed by atoms with van der Waals surface area (Å²) in [7, 11) is 3.42. The van der Waals surface area contributed by atoms with Crippen LogP contribution in [0.3, 0.4) is 0 Å². The molecule has 1 atom stereocenters. The second-order valence-electron chi connectivity index (χ2n) is 6.78. The van der Waals surface area contributed by atoms with Gasteiger partial charge in [-0.15, -0.1) is 0 Å². The molecule has 0 spiro atoms. The monoisotopic (exact) mass is 372 g/mol. The standard InChI is InChI=1S/C20H28N4O3/c1-23-11-9-21-19(20(23)25)24-10-5-7-17(15-24)22-14-16-6-3-4-8-18(16)27-13-12-26-2/h3-4,6,8-9,11,17,22H,5,7,10,12-15H2,1-2H3. The predicted molar refractivity (Wildman–Crippen MR) is 105 cm³/mol. The highest BCUT2D eigenvalue weighted by atomic mass is 16.5. The first kappa shape index (κ1) is 19.4. The number of rotatable bonds is 8. The van der Waals surface area contributed by atoms with Gasteiger partial charge >= 0.3 is 0 Å². The Hall–Kier alpha value is -2.38. The van der Waals surface area contributed by atoms with E-state index in [-0.39, 0.29) is 5.56 Å². The van der Waals surface area contributed by atoms with Gasteiger partial charge in [0.1, 0.15) is 12.4 Å². The fourth-order valence-corrected chi connectivity index (χ4v) is 3.32. The number of benzene rings is 1. The maximum Gasteiger partial charge on any atom is 0.293 e. The molecule has 27 heavy (non-hydrogen) atoms. The average Bonchev–Trinajstić information content (AvgIpc) is 2.70. The Balaban J connectivity index is 1.60. The fraction of sp³-hybridized carbons (Fsp3) is 0.500. The summed E-state index contributed by atoms with van der Waals surface area (Å²) in [5.41, 5.74) is 1.08. The molecule has 0 radical (unpaired) electrons. The highest BCUT2D eigenvalue weighted by molar-refractivity contribution is 5.37. The van der Waals surface area contributed by atoms with E-state index in [1.165, 1.54) is 0 Å². The van der Waals surface area contributed by atoms with Gasteiger partial charge in [0.2, 0.25) is 0 Å². The van der Waals surface area contributed by atoms with Crippen LogP contribution in [0.15, 0.2) is 41.5 Å². The zero-order valence-electron chi connectivity index (χ0n) is 16.1. The number of para-hydroxylation sites is 1. The summed E-state index contributed by atoms with van der Waals surface area (Å²) in [5, 5.41) is 3.61. The van der Waals surface area contributed by atoms with Crippen LogP contribution in [-0.4, -0.2) is 49.0 Å². The molecule has 2 heterocycles. The van der Waals surface area contributed by atoms with Gasteiger partial charge in [0.05, 0.1) is 6.61 Å². The second-order valence-corrected chi connectivity index (χ2v) is 6.78. The molecular weight excluding hydrogens is 344 g/mol. The van der Waals surface area contributed by atoms with Gasteiger partial charge < -0.3 is 24.3 Å². The number of piperidine rings is 1. The lowest BCUT2D eigenvalue weighted by Gasteiger charge is -2.33. The van der Waals surface area contributed by atoms with Crippen LogP contribution >= 0.6 is 0 Å². The lowest BCUT2D eigenvalue weighted by molar-refractivity contribution is 0.145. The van der Waals surface area contributed by atoms with E-state index in [0.29, 0.717) is 25.1 Å². The first-order valence-corrected chi connectivity index (χ1v) is 9.38. The molecule has 0 amide bonds. The third kappa shape index (κ3) is 5.08. The molecule has 146 valence electrons. The van der Waals surface area contributed by atoms with Crippen molar-refractivity contribution in [3.05, 3.63) is 52.6 Å². The molecule has 2 aromatic rings. The highest BCUT2D eigenvalue weighted by Gasteiger charge is 2.23. The van der Waals surface area contributed by atoms with Crippen LogP contribution in [0.5, 0.6) is 5.75 Å². The molecule has 0 aliphatic carbocycles. The zero-order valence-corrected chi connectivity index (χ0v) is 16.1. The maximum atomic E-state index is 12.3. The molecule has 0 saturated carbocycles. The molecule has 1 N–H and O–H groups in total. The summed E-state index contributed by atoms with van der Waals surface area (Å²) >= 11 is 0. The largest absolute Gasteiger partial charge is 0.491 e. The molecule has 1 aromatic carbocycles. The minimum atomic E-state index is -0.0463. The summed E-state index contributed by atoms with van der Waals surface area (Å²) in [6.45, 7) is 3.47. The summed E-state index contributed by atoms with van der Waals surface area (Å²) < 4.78 is 12.4. The molecule has 3 rings (SSSR count). The normalized spacial score (nSPS) is 17.1. The first-order valence-electron chi connectivity index (χ1n) is 9.38. The lowest BCUT2D eigenvalue weighted by Crippen LogP contribution is -2.47. The number of aryl methyl sites for hydroxylation is 1. The van der Waals surface area contributed by atoms with Crippen LogP contribution in [0, 0.1) is 0 Å². The second kappa shape index (κ2) is 9.53. The molecule has 0 bridgehead atoms. The highest BCUT2D eigenvalue weighted by Crippen LogP contribution is 2.19. The van der Waals surface area contributed by atoms with E-state index in [1.807, 2.05) is 18.2 Å². The lowest BCUT2D eigenvalue weighted by atomic mass is 10.1. The molecule has 1 aromatic heterocycles. The SMILES string of the molecule is COCCOc1ccccc1CNC1CCCN(c2nccn(C)c2=O)C1. The minimum Gasteiger partial charge on any atom is -0.491 e. The van der Waals surface area contributed by atoms with Crippen LogP contribution in [-0.2, 0) is 18.3 Å². The van der Waals surface area contributed by atoms with E-state index in [0.717, 1.165) is 43.8 Å². The molecule has 7 nitrogen and oxygen atoms in total. The van der Waals surface area contributed by atoms with E-state index in [9.17, 15) is 4.79 Å². The van der Waals surface area contributed by atoms with Crippen molar-refractivity contribution in [3.8, 4) is 5.75 Å². The predicted octanol–water partition coefficient (Wildman–Crippen LogP) is 1.56. The molecule has 1 fully saturated rings. The molecule has 1 aliphatic heterocycles. The van der Waals surface area contributed by atoms with Crippen LogP contribution in [0.4, 0.5) is 5.82 Å². The van der Waals surface area contributed by atoms with Crippen LogP contribution in [0.25, 0.3) is 0 Å². The Morgan fingerprint density at radius 1 is 1.30 bits per heavy atom. The number of hydrogen-bond acceptors (Lipinski definition) is 6. The Labute approximate surface area is 159 Å². The molecule has 1 saturated heterocycles. The summed E-state index contributed by atoms with van der Waals surface area (Å²) in [4.78, 5) is 18.7. The van der Waals surface area contributed by atoms with E-state index in [1.54, 1.807) is 31.1 Å². The van der Waals surface area contributed by atoms with Crippen LogP contribution in [0.1, 0.15) is 18.4 Å². The quantitative estimate of drug-likeness (QED) is 0.710. The number of aromatic nitrogens is 2. The Kier molecular flexibility index (Phi) is 6.84. The van der Waals surface area contributed by atoms with Gasteiger partial charge in [0, 0.05) is 57.8 Å². The number of hydrogen-bond donors (Lipinski definition) is 1. The summed E-state index contributed by atoms with van der Waals surface area (Å²) in [5.74, 6) is 1.42. The van der Waals surface area contributed by atoms with Crippen molar-refractivity contribution in [3.63, 3.8) is 0 Å². The van der Waals surface area contributed by atoms with Crippen LogP contribution in [0.2, 0.25) is 0 Å². The summed E-state index contributed by atoms with van der Waals surface area (Å²) in [6.07, 6.45) is 5.48. The third-order valence-corrected chi connectivity index (χ3v) is 4.82. The molecular formula is C20H28N4O3. The van der Waals surface area contributed by atoms with Crippen molar-refractivity contribution in [2.24, 2.45) is 7.05 Å². The number of ether oxygens (including phenoxy) is 2. The van der Waals surface area contributed by atoms with Gasteiger partial charge in [-0.05, 0) is 18.9 Å². The Morgan fingerprint density at radius 2 is 2.15 bits per heavy atom. The van der Waals surface area contributed by atoms with E-state index in [2.05, 4.69) is 21.3 Å². The topological polar surface area (TPSA) is 68.6 Å². The van der Waals surface area contributed by atoms with E-state index >= 15 is 0 Å². The number of anilines is 1. The number of methoxy groups -OCH3 is 1. The van der Waals surface area contributed by atoms with Crippen molar-refractivity contribution in [2.45, 2.75) is 25.4 Å². The van der Waals surface area contributed by atoms with Crippen molar-refractivity contribution in [1.82, 2.24) is 14.9 Å². The Morgan fingerprint density at radius 3 is 3.00 bits per heavy atom. The molecule has 1 unspecified atom stereocenters. The van der Waals surface area contributed by atoms with Gasteiger partial charge in [-0.25, -0.2) is 4.98 Å². The molecule has 7 heteroatoms. The van der Waals surface area contributed by atoms with Gasteiger partial charge in [-0.1, -0.05) is 18.2 Å². The number of nitrogens with zero attached hydrogens (tertiary/aromatic N) is 3.